The highest BCUT2D eigenvalue weighted by atomic mass is 19.4. The van der Waals surface area contributed by atoms with Gasteiger partial charge >= 0.3 is 18.1 Å². The Hall–Kier alpha value is -2.06. The number of carbonyl (C=O) groups is 2. The van der Waals surface area contributed by atoms with Gasteiger partial charge in [0.05, 0.1) is 18.8 Å². The van der Waals surface area contributed by atoms with E-state index in [4.69, 9.17) is 9.84 Å². The van der Waals surface area contributed by atoms with Gasteiger partial charge in [-0.2, -0.15) is 18.3 Å². The standard InChI is InChI=1S/C13H15F3N2O4/c1-2-22-10(19)5-7-3-8(4-7)18-11(13(14,15)16)9(6-17-18)12(20)21/h6-8H,2-5H2,1H3,(H,20,21)/t7-,8+. The summed E-state index contributed by atoms with van der Waals surface area (Å²) < 4.78 is 44.6. The number of hydrogen-bond acceptors (Lipinski definition) is 4. The summed E-state index contributed by atoms with van der Waals surface area (Å²) in [5.74, 6) is -2.11. The highest BCUT2D eigenvalue weighted by molar-refractivity contribution is 5.88. The number of halogens is 3. The van der Waals surface area contributed by atoms with E-state index in [0.717, 1.165) is 0 Å². The SMILES string of the molecule is CCOC(=O)C[C@H]1C[C@@H](n2ncc(C(=O)O)c2C(F)(F)F)C1. The minimum absolute atomic E-state index is 0.0670. The minimum Gasteiger partial charge on any atom is -0.478 e. The highest BCUT2D eigenvalue weighted by Crippen LogP contribution is 2.43. The first kappa shape index (κ1) is 16.3. The van der Waals surface area contributed by atoms with Gasteiger partial charge in [-0.25, -0.2) is 4.79 Å². The molecule has 22 heavy (non-hydrogen) atoms. The molecule has 0 unspecified atom stereocenters. The first-order chi connectivity index (χ1) is 10.2. The van der Waals surface area contributed by atoms with Crippen molar-refractivity contribution in [3.8, 4) is 0 Å². The molecule has 1 fully saturated rings. The Morgan fingerprint density at radius 1 is 1.45 bits per heavy atom. The maximum absolute atomic E-state index is 13.0. The summed E-state index contributed by atoms with van der Waals surface area (Å²) in [5, 5.41) is 12.4. The van der Waals surface area contributed by atoms with Crippen molar-refractivity contribution in [2.75, 3.05) is 6.61 Å². The lowest BCUT2D eigenvalue weighted by Gasteiger charge is -2.36. The molecule has 1 N–H and O–H groups in total. The second kappa shape index (κ2) is 5.98. The maximum Gasteiger partial charge on any atom is 0.433 e. The van der Waals surface area contributed by atoms with E-state index in [1.54, 1.807) is 6.92 Å². The van der Waals surface area contributed by atoms with Gasteiger partial charge in [-0.05, 0) is 25.7 Å². The Morgan fingerprint density at radius 3 is 2.59 bits per heavy atom. The summed E-state index contributed by atoms with van der Waals surface area (Å²) in [6.45, 7) is 1.93. The fraction of sp³-hybridized carbons (Fsp3) is 0.615. The van der Waals surface area contributed by atoms with Gasteiger partial charge in [0.1, 0.15) is 5.56 Å². The average Bonchev–Trinajstić information content (AvgIpc) is 2.77. The van der Waals surface area contributed by atoms with E-state index in [-0.39, 0.29) is 24.9 Å². The van der Waals surface area contributed by atoms with E-state index >= 15 is 0 Å². The molecule has 1 saturated carbocycles. The Labute approximate surface area is 123 Å². The third kappa shape index (κ3) is 3.23. The predicted octanol–water partition coefficient (Wildman–Crippen LogP) is 2.50. The molecule has 6 nitrogen and oxygen atoms in total. The zero-order valence-electron chi connectivity index (χ0n) is 11.8. The smallest absolute Gasteiger partial charge is 0.433 e. The zero-order chi connectivity index (χ0) is 16.5. The van der Waals surface area contributed by atoms with Crippen LogP contribution in [0.5, 0.6) is 0 Å². The fourth-order valence-electron chi connectivity index (χ4n) is 2.60. The molecular weight excluding hydrogens is 305 g/mol. The molecule has 1 aliphatic carbocycles. The van der Waals surface area contributed by atoms with E-state index in [0.29, 0.717) is 23.7 Å². The summed E-state index contributed by atoms with van der Waals surface area (Å²) >= 11 is 0. The third-order valence-electron chi connectivity index (χ3n) is 3.61. The van der Waals surface area contributed by atoms with Crippen molar-refractivity contribution < 1.29 is 32.6 Å². The van der Waals surface area contributed by atoms with Crippen LogP contribution in [0.4, 0.5) is 13.2 Å². The number of nitrogens with zero attached hydrogens (tertiary/aromatic N) is 2. The first-order valence-corrected chi connectivity index (χ1v) is 6.77. The van der Waals surface area contributed by atoms with Gasteiger partial charge in [0.15, 0.2) is 5.69 Å². The monoisotopic (exact) mass is 320 g/mol. The summed E-state index contributed by atoms with van der Waals surface area (Å²) in [7, 11) is 0. The molecule has 0 radical (unpaired) electrons. The number of alkyl halides is 3. The lowest BCUT2D eigenvalue weighted by molar-refractivity contribution is -0.149. The second-order valence-electron chi connectivity index (χ2n) is 5.15. The molecule has 2 rings (SSSR count). The zero-order valence-corrected chi connectivity index (χ0v) is 11.8. The van der Waals surface area contributed by atoms with Crippen molar-refractivity contribution in [2.24, 2.45) is 5.92 Å². The van der Waals surface area contributed by atoms with E-state index < -0.39 is 29.4 Å². The van der Waals surface area contributed by atoms with Crippen LogP contribution in [0.3, 0.4) is 0 Å². The van der Waals surface area contributed by atoms with E-state index in [1.807, 2.05) is 0 Å². The van der Waals surface area contributed by atoms with Crippen LogP contribution in [0, 0.1) is 5.92 Å². The molecule has 0 aliphatic heterocycles. The van der Waals surface area contributed by atoms with Crippen LogP contribution >= 0.6 is 0 Å². The van der Waals surface area contributed by atoms with Crippen LogP contribution in [-0.2, 0) is 15.7 Å². The molecule has 9 heteroatoms. The molecule has 0 saturated heterocycles. The Kier molecular flexibility index (Phi) is 4.43. The number of carbonyl (C=O) groups excluding carboxylic acids is 1. The van der Waals surface area contributed by atoms with Crippen LogP contribution in [-0.4, -0.2) is 33.4 Å². The van der Waals surface area contributed by atoms with Crippen LogP contribution in [0.25, 0.3) is 0 Å². The molecule has 0 atom stereocenters. The molecule has 0 amide bonds. The van der Waals surface area contributed by atoms with Gasteiger partial charge in [-0.1, -0.05) is 0 Å². The Balaban J connectivity index is 2.09. The van der Waals surface area contributed by atoms with Crippen molar-refractivity contribution in [1.82, 2.24) is 9.78 Å². The van der Waals surface area contributed by atoms with Crippen molar-refractivity contribution in [3.05, 3.63) is 17.5 Å². The fourth-order valence-corrected chi connectivity index (χ4v) is 2.60. The third-order valence-corrected chi connectivity index (χ3v) is 3.61. The average molecular weight is 320 g/mol. The summed E-state index contributed by atoms with van der Waals surface area (Å²) in [4.78, 5) is 22.2. The van der Waals surface area contributed by atoms with Gasteiger partial charge in [0.25, 0.3) is 0 Å². The van der Waals surface area contributed by atoms with Gasteiger partial charge in [-0.3, -0.25) is 9.48 Å². The van der Waals surface area contributed by atoms with Crippen LogP contribution in [0.2, 0.25) is 0 Å². The van der Waals surface area contributed by atoms with E-state index in [2.05, 4.69) is 5.10 Å². The molecule has 1 aromatic rings. The predicted molar refractivity (Wildman–Crippen MR) is 67.2 cm³/mol. The normalized spacial score (nSPS) is 21.3. The van der Waals surface area contributed by atoms with Crippen LogP contribution in [0.1, 0.15) is 48.3 Å². The summed E-state index contributed by atoms with van der Waals surface area (Å²) in [5.41, 5.74) is -2.11. The second-order valence-corrected chi connectivity index (χ2v) is 5.15. The van der Waals surface area contributed by atoms with Crippen LogP contribution in [0.15, 0.2) is 6.20 Å². The molecule has 1 aromatic heterocycles. The maximum atomic E-state index is 13.0. The van der Waals surface area contributed by atoms with Crippen molar-refractivity contribution in [2.45, 2.75) is 38.4 Å². The van der Waals surface area contributed by atoms with E-state index in [9.17, 15) is 22.8 Å². The Bertz CT molecular complexity index is 576. The molecular formula is C13H15F3N2O4. The number of carboxylic acids is 1. The number of esters is 1. The number of hydrogen-bond donors (Lipinski definition) is 1. The highest BCUT2D eigenvalue weighted by Gasteiger charge is 2.44. The van der Waals surface area contributed by atoms with Gasteiger partial charge in [0, 0.05) is 6.42 Å². The quantitative estimate of drug-likeness (QED) is 0.843. The largest absolute Gasteiger partial charge is 0.478 e. The lowest BCUT2D eigenvalue weighted by atomic mass is 9.78. The number of aromatic nitrogens is 2. The minimum atomic E-state index is -4.80. The number of carboxylic acid groups (broad SMARTS) is 1. The van der Waals surface area contributed by atoms with Gasteiger partial charge in [-0.15, -0.1) is 0 Å². The number of aromatic carboxylic acids is 1. The summed E-state index contributed by atoms with van der Waals surface area (Å²) in [6.07, 6.45) is -3.26. The molecule has 0 bridgehead atoms. The number of ether oxygens (including phenoxy) is 1. The van der Waals surface area contributed by atoms with Gasteiger partial charge in [0.2, 0.25) is 0 Å². The summed E-state index contributed by atoms with van der Waals surface area (Å²) in [6, 6.07) is -0.552. The van der Waals surface area contributed by atoms with Crippen molar-refractivity contribution >= 4 is 11.9 Å². The lowest BCUT2D eigenvalue weighted by Crippen LogP contribution is -2.32. The van der Waals surface area contributed by atoms with Crippen LogP contribution < -0.4 is 0 Å². The Morgan fingerprint density at radius 2 is 2.09 bits per heavy atom. The molecule has 1 aliphatic rings. The van der Waals surface area contributed by atoms with Crippen molar-refractivity contribution in [1.29, 1.82) is 0 Å². The van der Waals surface area contributed by atoms with Gasteiger partial charge < -0.3 is 9.84 Å². The number of rotatable bonds is 5. The first-order valence-electron chi connectivity index (χ1n) is 6.77. The topological polar surface area (TPSA) is 81.4 Å². The van der Waals surface area contributed by atoms with Crippen molar-refractivity contribution in [3.63, 3.8) is 0 Å². The molecule has 0 spiro atoms. The van der Waals surface area contributed by atoms with E-state index in [1.165, 1.54) is 0 Å². The molecule has 1 heterocycles. The molecule has 0 aromatic carbocycles. The molecule has 122 valence electrons.